The molecule has 0 saturated heterocycles. The lowest BCUT2D eigenvalue weighted by Crippen LogP contribution is -2.18. The molecule has 0 saturated carbocycles. The zero-order valence-corrected chi connectivity index (χ0v) is 11.2. The Kier molecular flexibility index (Phi) is 3.29. The van der Waals surface area contributed by atoms with Gasteiger partial charge in [-0.2, -0.15) is 5.26 Å². The van der Waals surface area contributed by atoms with Crippen molar-refractivity contribution >= 4 is 5.82 Å². The van der Waals surface area contributed by atoms with Gasteiger partial charge in [0.2, 0.25) is 0 Å². The average molecular weight is 269 g/mol. The second-order valence-electron chi connectivity index (χ2n) is 4.85. The molecule has 0 aliphatic carbocycles. The van der Waals surface area contributed by atoms with E-state index in [0.717, 1.165) is 24.6 Å². The number of anilines is 1. The maximum atomic E-state index is 8.70. The number of fused-ring (bicyclic) bond motifs is 1. The SMILES string of the molecule is CC(Nc1cnc(C#N)cn1)c1nnc2n1CCCC2. The molecule has 0 aromatic carbocycles. The van der Waals surface area contributed by atoms with Crippen LogP contribution in [0.15, 0.2) is 12.4 Å². The van der Waals surface area contributed by atoms with E-state index < -0.39 is 0 Å². The van der Waals surface area contributed by atoms with Gasteiger partial charge < -0.3 is 9.88 Å². The van der Waals surface area contributed by atoms with Crippen LogP contribution in [-0.2, 0) is 13.0 Å². The molecule has 1 aliphatic heterocycles. The molecule has 1 unspecified atom stereocenters. The minimum Gasteiger partial charge on any atom is -0.359 e. The second-order valence-corrected chi connectivity index (χ2v) is 4.85. The normalized spacial score (nSPS) is 15.2. The Hall–Kier alpha value is -2.49. The van der Waals surface area contributed by atoms with Crippen molar-refractivity contribution in [2.24, 2.45) is 0 Å². The Morgan fingerprint density at radius 1 is 1.30 bits per heavy atom. The van der Waals surface area contributed by atoms with Gasteiger partial charge in [0.25, 0.3) is 0 Å². The number of aryl methyl sites for hydroxylation is 1. The Balaban J connectivity index is 1.77. The molecule has 1 aliphatic rings. The van der Waals surface area contributed by atoms with Crippen LogP contribution in [0.2, 0.25) is 0 Å². The molecule has 1 atom stereocenters. The smallest absolute Gasteiger partial charge is 0.158 e. The van der Waals surface area contributed by atoms with Gasteiger partial charge >= 0.3 is 0 Å². The first-order valence-corrected chi connectivity index (χ1v) is 6.68. The highest BCUT2D eigenvalue weighted by Crippen LogP contribution is 2.21. The van der Waals surface area contributed by atoms with Crippen molar-refractivity contribution in [1.82, 2.24) is 24.7 Å². The first-order chi connectivity index (χ1) is 9.78. The van der Waals surface area contributed by atoms with E-state index in [2.05, 4.69) is 30.0 Å². The van der Waals surface area contributed by atoms with E-state index in [1.807, 2.05) is 13.0 Å². The summed E-state index contributed by atoms with van der Waals surface area (Å²) in [5.41, 5.74) is 0.308. The molecule has 0 fully saturated rings. The van der Waals surface area contributed by atoms with Gasteiger partial charge in [0.1, 0.15) is 17.7 Å². The summed E-state index contributed by atoms with van der Waals surface area (Å²) < 4.78 is 2.18. The first-order valence-electron chi connectivity index (χ1n) is 6.68. The summed E-state index contributed by atoms with van der Waals surface area (Å²) in [6.45, 7) is 2.99. The van der Waals surface area contributed by atoms with E-state index in [1.54, 1.807) is 6.20 Å². The fourth-order valence-corrected chi connectivity index (χ4v) is 2.40. The Bertz CT molecular complexity index is 638. The predicted octanol–water partition coefficient (Wildman–Crippen LogP) is 1.45. The lowest BCUT2D eigenvalue weighted by Gasteiger charge is -2.18. The standard InChI is InChI=1S/C13H15N7/c1-9(17-11-8-15-10(6-14)7-16-11)13-19-18-12-4-2-3-5-20(12)13/h7-9H,2-5H2,1H3,(H,16,17). The monoisotopic (exact) mass is 269 g/mol. The summed E-state index contributed by atoms with van der Waals surface area (Å²) >= 11 is 0. The second kappa shape index (κ2) is 5.25. The van der Waals surface area contributed by atoms with E-state index >= 15 is 0 Å². The van der Waals surface area contributed by atoms with Crippen molar-refractivity contribution in [2.75, 3.05) is 5.32 Å². The van der Waals surface area contributed by atoms with E-state index in [4.69, 9.17) is 5.26 Å². The van der Waals surface area contributed by atoms with Crippen molar-refractivity contribution in [1.29, 1.82) is 5.26 Å². The minimum atomic E-state index is -0.00316. The maximum Gasteiger partial charge on any atom is 0.158 e. The van der Waals surface area contributed by atoms with E-state index in [1.165, 1.54) is 19.0 Å². The van der Waals surface area contributed by atoms with Crippen molar-refractivity contribution in [3.8, 4) is 6.07 Å². The average Bonchev–Trinajstić information content (AvgIpc) is 2.92. The fourth-order valence-electron chi connectivity index (χ4n) is 2.40. The molecule has 7 nitrogen and oxygen atoms in total. The van der Waals surface area contributed by atoms with E-state index in [-0.39, 0.29) is 6.04 Å². The van der Waals surface area contributed by atoms with Crippen LogP contribution in [0.5, 0.6) is 0 Å². The minimum absolute atomic E-state index is 0.00316. The van der Waals surface area contributed by atoms with Crippen LogP contribution in [-0.4, -0.2) is 24.7 Å². The van der Waals surface area contributed by atoms with Crippen molar-refractivity contribution < 1.29 is 0 Å². The van der Waals surface area contributed by atoms with Gasteiger partial charge in [0.15, 0.2) is 11.5 Å². The molecule has 1 N–H and O–H groups in total. The lowest BCUT2D eigenvalue weighted by atomic mass is 10.1. The van der Waals surface area contributed by atoms with Crippen LogP contribution in [0.3, 0.4) is 0 Å². The molecule has 2 aromatic heterocycles. The van der Waals surface area contributed by atoms with Gasteiger partial charge in [-0.1, -0.05) is 0 Å². The number of nitrogens with zero attached hydrogens (tertiary/aromatic N) is 6. The van der Waals surface area contributed by atoms with Crippen molar-refractivity contribution in [3.05, 3.63) is 29.7 Å². The molecule has 0 spiro atoms. The number of nitrogens with one attached hydrogen (secondary N) is 1. The third-order valence-corrected chi connectivity index (χ3v) is 3.41. The van der Waals surface area contributed by atoms with Crippen molar-refractivity contribution in [3.63, 3.8) is 0 Å². The van der Waals surface area contributed by atoms with Gasteiger partial charge in [0, 0.05) is 13.0 Å². The number of aromatic nitrogens is 5. The summed E-state index contributed by atoms with van der Waals surface area (Å²) in [5, 5.41) is 20.5. The number of rotatable bonds is 3. The van der Waals surface area contributed by atoms with Crippen LogP contribution >= 0.6 is 0 Å². The van der Waals surface area contributed by atoms with Crippen LogP contribution in [0.4, 0.5) is 5.82 Å². The quantitative estimate of drug-likeness (QED) is 0.906. The third kappa shape index (κ3) is 2.32. The van der Waals surface area contributed by atoms with Crippen LogP contribution in [0.25, 0.3) is 0 Å². The molecule has 0 amide bonds. The molecule has 3 rings (SSSR count). The van der Waals surface area contributed by atoms with Gasteiger partial charge in [-0.3, -0.25) is 0 Å². The molecule has 0 radical (unpaired) electrons. The fraction of sp³-hybridized carbons (Fsp3) is 0.462. The van der Waals surface area contributed by atoms with Gasteiger partial charge in [-0.05, 0) is 19.8 Å². The molecule has 0 bridgehead atoms. The van der Waals surface area contributed by atoms with E-state index in [9.17, 15) is 0 Å². The third-order valence-electron chi connectivity index (χ3n) is 3.41. The van der Waals surface area contributed by atoms with Crippen molar-refractivity contribution in [2.45, 2.75) is 38.8 Å². The summed E-state index contributed by atoms with van der Waals surface area (Å²) in [7, 11) is 0. The highest BCUT2D eigenvalue weighted by molar-refractivity contribution is 5.35. The maximum absolute atomic E-state index is 8.70. The lowest BCUT2D eigenvalue weighted by molar-refractivity contribution is 0.500. The van der Waals surface area contributed by atoms with Crippen LogP contribution < -0.4 is 5.32 Å². The highest BCUT2D eigenvalue weighted by Gasteiger charge is 2.20. The summed E-state index contributed by atoms with van der Waals surface area (Å²) in [6, 6.07) is 1.94. The predicted molar refractivity (Wildman–Crippen MR) is 71.7 cm³/mol. The Morgan fingerprint density at radius 2 is 2.20 bits per heavy atom. The number of nitriles is 1. The zero-order valence-electron chi connectivity index (χ0n) is 11.2. The molecule has 2 aromatic rings. The first kappa shape index (κ1) is 12.5. The number of hydrogen-bond donors (Lipinski definition) is 1. The topological polar surface area (TPSA) is 92.3 Å². The molecular weight excluding hydrogens is 254 g/mol. The highest BCUT2D eigenvalue weighted by atomic mass is 15.3. The molecule has 102 valence electrons. The molecule has 7 heteroatoms. The van der Waals surface area contributed by atoms with E-state index in [0.29, 0.717) is 11.5 Å². The van der Waals surface area contributed by atoms with Gasteiger partial charge in [0.05, 0.1) is 18.4 Å². The van der Waals surface area contributed by atoms with Gasteiger partial charge in [-0.15, -0.1) is 10.2 Å². The Labute approximate surface area is 116 Å². The largest absolute Gasteiger partial charge is 0.359 e. The zero-order chi connectivity index (χ0) is 13.9. The number of hydrogen-bond acceptors (Lipinski definition) is 6. The summed E-state index contributed by atoms with van der Waals surface area (Å²) in [5.74, 6) is 2.61. The molecular formula is C13H15N7. The Morgan fingerprint density at radius 3 is 2.95 bits per heavy atom. The van der Waals surface area contributed by atoms with Gasteiger partial charge in [-0.25, -0.2) is 9.97 Å². The van der Waals surface area contributed by atoms with Crippen LogP contribution in [0.1, 0.15) is 43.1 Å². The molecule has 3 heterocycles. The summed E-state index contributed by atoms with van der Waals surface area (Å²) in [6.07, 6.45) is 6.36. The van der Waals surface area contributed by atoms with Crippen LogP contribution in [0, 0.1) is 11.3 Å². The summed E-state index contributed by atoms with van der Waals surface area (Å²) in [4.78, 5) is 8.15. The molecule has 20 heavy (non-hydrogen) atoms.